The Kier molecular flexibility index (Phi) is 4.55. The standard InChI is InChI=1S/C21H24N2O3/c22-11-15-7-3-8-16-20(15)21-17(23(16)12-14-5-1-2-6-14)9-4-10-18(21)26-13-19(24)25/h3-4,7-10,14H,1-2,5-6,11-13,22H2,(H,24,25). The molecule has 0 radical (unpaired) electrons. The molecule has 0 saturated heterocycles. The van der Waals surface area contributed by atoms with Crippen molar-refractivity contribution in [2.24, 2.45) is 11.7 Å². The van der Waals surface area contributed by atoms with Crippen molar-refractivity contribution in [2.45, 2.75) is 38.8 Å². The Labute approximate surface area is 152 Å². The van der Waals surface area contributed by atoms with Gasteiger partial charge in [-0.1, -0.05) is 31.0 Å². The highest BCUT2D eigenvalue weighted by Crippen LogP contribution is 2.39. The summed E-state index contributed by atoms with van der Waals surface area (Å²) in [5, 5.41) is 11.1. The van der Waals surface area contributed by atoms with Gasteiger partial charge in [0.05, 0.1) is 5.52 Å². The fourth-order valence-corrected chi connectivity index (χ4v) is 4.30. The van der Waals surface area contributed by atoms with Crippen LogP contribution in [-0.2, 0) is 17.9 Å². The number of hydrogen-bond donors (Lipinski definition) is 2. The molecule has 26 heavy (non-hydrogen) atoms. The van der Waals surface area contributed by atoms with Gasteiger partial charge in [-0.3, -0.25) is 0 Å². The first-order valence-corrected chi connectivity index (χ1v) is 9.26. The lowest BCUT2D eigenvalue weighted by atomic mass is 10.1. The fourth-order valence-electron chi connectivity index (χ4n) is 4.30. The third-order valence-electron chi connectivity index (χ3n) is 5.45. The fraction of sp³-hybridized carbons (Fsp3) is 0.381. The third-order valence-corrected chi connectivity index (χ3v) is 5.45. The van der Waals surface area contributed by atoms with E-state index < -0.39 is 5.97 Å². The summed E-state index contributed by atoms with van der Waals surface area (Å²) in [6.45, 7) is 1.07. The van der Waals surface area contributed by atoms with Crippen LogP contribution in [0.2, 0.25) is 0 Å². The lowest BCUT2D eigenvalue weighted by Crippen LogP contribution is -2.09. The molecule has 136 valence electrons. The number of benzene rings is 2. The molecule has 0 aliphatic heterocycles. The van der Waals surface area contributed by atoms with E-state index in [1.807, 2.05) is 24.3 Å². The van der Waals surface area contributed by atoms with E-state index >= 15 is 0 Å². The number of nitrogens with two attached hydrogens (primary N) is 1. The van der Waals surface area contributed by atoms with E-state index in [9.17, 15) is 4.79 Å². The van der Waals surface area contributed by atoms with Crippen molar-refractivity contribution in [3.8, 4) is 5.75 Å². The summed E-state index contributed by atoms with van der Waals surface area (Å²) < 4.78 is 7.99. The second-order valence-electron chi connectivity index (χ2n) is 7.11. The Bertz CT molecular complexity index is 955. The summed E-state index contributed by atoms with van der Waals surface area (Å²) >= 11 is 0. The van der Waals surface area contributed by atoms with Gasteiger partial charge >= 0.3 is 5.97 Å². The minimum atomic E-state index is -0.976. The minimum Gasteiger partial charge on any atom is -0.481 e. The van der Waals surface area contributed by atoms with Crippen LogP contribution in [0, 0.1) is 5.92 Å². The largest absolute Gasteiger partial charge is 0.481 e. The van der Waals surface area contributed by atoms with Gasteiger partial charge in [-0.05, 0) is 42.5 Å². The van der Waals surface area contributed by atoms with E-state index in [1.165, 1.54) is 25.7 Å². The lowest BCUT2D eigenvalue weighted by molar-refractivity contribution is -0.139. The number of carboxylic acid groups (broad SMARTS) is 1. The SMILES string of the molecule is NCc1cccc2c1c1c(OCC(=O)O)cccc1n2CC1CCCC1. The maximum Gasteiger partial charge on any atom is 0.341 e. The predicted molar refractivity (Wildman–Crippen MR) is 102 cm³/mol. The summed E-state index contributed by atoms with van der Waals surface area (Å²) in [5.41, 5.74) is 9.31. The quantitative estimate of drug-likeness (QED) is 0.705. The zero-order chi connectivity index (χ0) is 18.1. The smallest absolute Gasteiger partial charge is 0.341 e. The molecule has 5 nitrogen and oxygen atoms in total. The zero-order valence-electron chi connectivity index (χ0n) is 14.8. The Morgan fingerprint density at radius 3 is 2.50 bits per heavy atom. The second kappa shape index (κ2) is 7.00. The Hall–Kier alpha value is -2.53. The highest BCUT2D eigenvalue weighted by Gasteiger charge is 2.21. The van der Waals surface area contributed by atoms with Crippen molar-refractivity contribution in [2.75, 3.05) is 6.61 Å². The van der Waals surface area contributed by atoms with Crippen LogP contribution in [0.3, 0.4) is 0 Å². The van der Waals surface area contributed by atoms with Crippen LogP contribution in [0.15, 0.2) is 36.4 Å². The molecule has 1 saturated carbocycles. The highest BCUT2D eigenvalue weighted by atomic mass is 16.5. The zero-order valence-corrected chi connectivity index (χ0v) is 14.8. The van der Waals surface area contributed by atoms with Crippen LogP contribution in [0.4, 0.5) is 0 Å². The van der Waals surface area contributed by atoms with Gasteiger partial charge in [0.25, 0.3) is 0 Å². The van der Waals surface area contributed by atoms with Gasteiger partial charge < -0.3 is 20.1 Å². The van der Waals surface area contributed by atoms with Crippen LogP contribution in [0.1, 0.15) is 31.2 Å². The number of hydrogen-bond acceptors (Lipinski definition) is 3. The van der Waals surface area contributed by atoms with Gasteiger partial charge in [-0.15, -0.1) is 0 Å². The van der Waals surface area contributed by atoms with Crippen molar-refractivity contribution < 1.29 is 14.6 Å². The van der Waals surface area contributed by atoms with Crippen molar-refractivity contribution >= 4 is 27.8 Å². The third kappa shape index (κ3) is 2.92. The minimum absolute atomic E-state index is 0.348. The monoisotopic (exact) mass is 352 g/mol. The topological polar surface area (TPSA) is 77.5 Å². The Morgan fingerprint density at radius 1 is 1.12 bits per heavy atom. The molecule has 4 rings (SSSR count). The van der Waals surface area contributed by atoms with Crippen LogP contribution < -0.4 is 10.5 Å². The average molecular weight is 352 g/mol. The summed E-state index contributed by atoms with van der Waals surface area (Å²) in [7, 11) is 0. The van der Waals surface area contributed by atoms with Crippen molar-refractivity contribution in [3.63, 3.8) is 0 Å². The van der Waals surface area contributed by atoms with Crippen LogP contribution in [0.25, 0.3) is 21.8 Å². The van der Waals surface area contributed by atoms with E-state index in [4.69, 9.17) is 15.6 Å². The number of carboxylic acids is 1. The number of aliphatic carboxylic acids is 1. The molecular formula is C21H24N2O3. The molecular weight excluding hydrogens is 328 g/mol. The van der Waals surface area contributed by atoms with E-state index in [-0.39, 0.29) is 6.61 Å². The molecule has 0 unspecified atom stereocenters. The molecule has 1 fully saturated rings. The number of nitrogens with zero attached hydrogens (tertiary/aromatic N) is 1. The first kappa shape index (κ1) is 16.9. The molecule has 1 aromatic heterocycles. The Morgan fingerprint density at radius 2 is 1.81 bits per heavy atom. The van der Waals surface area contributed by atoms with Gasteiger partial charge in [0.15, 0.2) is 6.61 Å². The molecule has 0 spiro atoms. The van der Waals surface area contributed by atoms with Crippen molar-refractivity contribution in [1.82, 2.24) is 4.57 Å². The predicted octanol–water partition coefficient (Wildman–Crippen LogP) is 3.91. The first-order valence-electron chi connectivity index (χ1n) is 9.26. The van der Waals surface area contributed by atoms with Gasteiger partial charge in [-0.2, -0.15) is 0 Å². The van der Waals surface area contributed by atoms with E-state index in [1.54, 1.807) is 0 Å². The molecule has 3 aromatic rings. The lowest BCUT2D eigenvalue weighted by Gasteiger charge is -2.13. The molecule has 0 bridgehead atoms. The molecule has 5 heteroatoms. The van der Waals surface area contributed by atoms with Gasteiger partial charge in [0.2, 0.25) is 0 Å². The molecule has 3 N–H and O–H groups in total. The maximum absolute atomic E-state index is 11.0. The van der Waals surface area contributed by atoms with E-state index in [0.29, 0.717) is 18.2 Å². The normalized spacial score (nSPS) is 15.1. The molecule has 1 heterocycles. The number of aromatic nitrogens is 1. The van der Waals surface area contributed by atoms with Crippen LogP contribution in [-0.4, -0.2) is 22.2 Å². The summed E-state index contributed by atoms with van der Waals surface area (Å²) in [4.78, 5) is 11.0. The number of fused-ring (bicyclic) bond motifs is 3. The number of ether oxygens (including phenoxy) is 1. The summed E-state index contributed by atoms with van der Waals surface area (Å²) in [6.07, 6.45) is 5.16. The number of rotatable bonds is 6. The second-order valence-corrected chi connectivity index (χ2v) is 7.11. The molecule has 1 aliphatic rings. The summed E-state index contributed by atoms with van der Waals surface area (Å²) in [6, 6.07) is 12.1. The molecule has 0 amide bonds. The van der Waals surface area contributed by atoms with Crippen LogP contribution in [0.5, 0.6) is 5.75 Å². The Balaban J connectivity index is 1.94. The highest BCUT2D eigenvalue weighted by molar-refractivity contribution is 6.12. The maximum atomic E-state index is 11.0. The van der Waals surface area contributed by atoms with Gasteiger partial charge in [0.1, 0.15) is 5.75 Å². The van der Waals surface area contributed by atoms with Crippen LogP contribution >= 0.6 is 0 Å². The first-order chi connectivity index (χ1) is 12.7. The van der Waals surface area contributed by atoms with E-state index in [2.05, 4.69) is 16.7 Å². The molecule has 0 atom stereocenters. The van der Waals surface area contributed by atoms with Gasteiger partial charge in [0, 0.05) is 29.4 Å². The van der Waals surface area contributed by atoms with E-state index in [0.717, 1.165) is 33.9 Å². The van der Waals surface area contributed by atoms with Crippen molar-refractivity contribution in [3.05, 3.63) is 42.0 Å². The molecule has 2 aromatic carbocycles. The molecule has 1 aliphatic carbocycles. The van der Waals surface area contributed by atoms with Gasteiger partial charge in [-0.25, -0.2) is 4.79 Å². The number of carbonyl (C=O) groups is 1. The summed E-state index contributed by atoms with van der Waals surface area (Å²) in [5.74, 6) is 0.329. The van der Waals surface area contributed by atoms with Crippen molar-refractivity contribution in [1.29, 1.82) is 0 Å². The average Bonchev–Trinajstić information content (AvgIpc) is 3.27.